The van der Waals surface area contributed by atoms with E-state index in [1.807, 2.05) is 0 Å². The molecule has 2 aliphatic heterocycles. The minimum Gasteiger partial charge on any atom is -0.358 e. The number of nitrogens with zero attached hydrogens (tertiary/aromatic N) is 2. The molecule has 0 spiro atoms. The van der Waals surface area contributed by atoms with Crippen LogP contribution in [0.2, 0.25) is 0 Å². The molecule has 0 radical (unpaired) electrons. The number of rotatable bonds is 2. The Hall–Kier alpha value is -1.80. The fourth-order valence-electron chi connectivity index (χ4n) is 9.82. The second-order valence-electron chi connectivity index (χ2n) is 13.5. The number of aryl methyl sites for hydroxylation is 3. The number of fused-ring (bicyclic) bond motifs is 4. The molecule has 2 nitrogen and oxygen atoms in total. The van der Waals surface area contributed by atoms with Crippen LogP contribution in [0.15, 0.2) is 24.3 Å². The van der Waals surface area contributed by atoms with Gasteiger partial charge in [-0.25, -0.2) is 0 Å². The van der Waals surface area contributed by atoms with Crippen molar-refractivity contribution in [2.45, 2.75) is 91.6 Å². The van der Waals surface area contributed by atoms with Gasteiger partial charge in [0.25, 0.3) is 0 Å². The largest absolute Gasteiger partial charge is 0.358 e. The lowest BCUT2D eigenvalue weighted by molar-refractivity contribution is -0.0419. The van der Waals surface area contributed by atoms with E-state index in [1.165, 1.54) is 60.9 Å². The summed E-state index contributed by atoms with van der Waals surface area (Å²) in [5.41, 5.74) is 12.6. The molecule has 1 saturated heterocycles. The topological polar surface area (TPSA) is 6.48 Å². The quantitative estimate of drug-likeness (QED) is 0.457. The second kappa shape index (κ2) is 7.60. The first-order valence-corrected chi connectivity index (χ1v) is 14.5. The number of hydrogen-bond donors (Lipinski definition) is 0. The summed E-state index contributed by atoms with van der Waals surface area (Å²) >= 11 is 0. The molecule has 8 rings (SSSR count). The van der Waals surface area contributed by atoms with E-state index in [0.29, 0.717) is 6.04 Å². The Bertz CT molecular complexity index is 1140. The van der Waals surface area contributed by atoms with Crippen LogP contribution in [0.3, 0.4) is 0 Å². The molecular weight excluding hydrogens is 424 g/mol. The maximum Gasteiger partial charge on any atom is 0.0712 e. The van der Waals surface area contributed by atoms with Crippen molar-refractivity contribution >= 4 is 5.69 Å². The molecule has 2 heteroatoms. The summed E-state index contributed by atoms with van der Waals surface area (Å²) in [6, 6.07) is 11.2. The zero-order chi connectivity index (χ0) is 24.2. The number of hydrogen-bond acceptors (Lipinski definition) is 2. The minimum absolute atomic E-state index is 0.201. The predicted octanol–water partition coefficient (Wildman–Crippen LogP) is 7.28. The van der Waals surface area contributed by atoms with Crippen LogP contribution in [0, 0.1) is 57.3 Å². The Morgan fingerprint density at radius 2 is 1.31 bits per heavy atom. The van der Waals surface area contributed by atoms with Crippen molar-refractivity contribution in [1.29, 1.82) is 0 Å². The molecule has 0 aromatic heterocycles. The van der Waals surface area contributed by atoms with E-state index in [1.54, 1.807) is 22.4 Å². The lowest BCUT2D eigenvalue weighted by Crippen LogP contribution is -2.57. The van der Waals surface area contributed by atoms with Crippen molar-refractivity contribution in [3.8, 4) is 0 Å². The van der Waals surface area contributed by atoms with E-state index in [4.69, 9.17) is 0 Å². The summed E-state index contributed by atoms with van der Waals surface area (Å²) < 4.78 is 0. The summed E-state index contributed by atoms with van der Waals surface area (Å²) in [5.74, 6) is 4.30. The summed E-state index contributed by atoms with van der Waals surface area (Å²) in [7, 11) is 0. The van der Waals surface area contributed by atoms with Gasteiger partial charge in [0, 0.05) is 30.2 Å². The number of benzene rings is 2. The van der Waals surface area contributed by atoms with Gasteiger partial charge in [0.15, 0.2) is 0 Å². The molecule has 6 aliphatic rings. The van der Waals surface area contributed by atoms with E-state index in [-0.39, 0.29) is 5.41 Å². The lowest BCUT2D eigenvalue weighted by atomic mass is 9.42. The van der Waals surface area contributed by atoms with Crippen LogP contribution >= 0.6 is 0 Å². The molecule has 3 unspecified atom stereocenters. The minimum atomic E-state index is 0.201. The van der Waals surface area contributed by atoms with Gasteiger partial charge in [0.1, 0.15) is 0 Å². The van der Waals surface area contributed by atoms with E-state index in [0.717, 1.165) is 42.8 Å². The smallest absolute Gasteiger partial charge is 0.0712 e. The third-order valence-corrected chi connectivity index (χ3v) is 11.6. The third-order valence-electron chi connectivity index (χ3n) is 11.6. The summed E-state index contributed by atoms with van der Waals surface area (Å²) in [5, 5.41) is 0. The van der Waals surface area contributed by atoms with Gasteiger partial charge >= 0.3 is 0 Å². The summed E-state index contributed by atoms with van der Waals surface area (Å²) in [6.07, 6.45) is 7.30. The molecule has 35 heavy (non-hydrogen) atoms. The van der Waals surface area contributed by atoms with Gasteiger partial charge in [0.05, 0.1) is 6.67 Å². The van der Waals surface area contributed by atoms with Crippen LogP contribution in [0.5, 0.6) is 0 Å². The van der Waals surface area contributed by atoms with E-state index in [9.17, 15) is 0 Å². The molecular formula is C33H44N2. The predicted molar refractivity (Wildman–Crippen MR) is 146 cm³/mol. The van der Waals surface area contributed by atoms with Gasteiger partial charge in [-0.05, 0) is 135 Å². The molecule has 2 aromatic carbocycles. The Labute approximate surface area is 213 Å². The van der Waals surface area contributed by atoms with E-state index < -0.39 is 0 Å². The zero-order valence-electron chi connectivity index (χ0n) is 22.8. The zero-order valence-corrected chi connectivity index (χ0v) is 22.8. The van der Waals surface area contributed by atoms with Crippen molar-refractivity contribution in [3.05, 3.63) is 63.2 Å². The van der Waals surface area contributed by atoms with Crippen LogP contribution in [0.1, 0.15) is 84.9 Å². The first-order valence-electron chi connectivity index (χ1n) is 14.5. The average molecular weight is 469 g/mol. The Morgan fingerprint density at radius 1 is 0.743 bits per heavy atom. The van der Waals surface area contributed by atoms with Crippen molar-refractivity contribution in [2.75, 3.05) is 18.1 Å². The maximum absolute atomic E-state index is 2.73. The van der Waals surface area contributed by atoms with E-state index in [2.05, 4.69) is 75.6 Å². The Balaban J connectivity index is 1.44. The van der Waals surface area contributed by atoms with Crippen LogP contribution in [-0.4, -0.2) is 24.2 Å². The first-order chi connectivity index (χ1) is 16.8. The fourth-order valence-corrected chi connectivity index (χ4v) is 9.82. The highest BCUT2D eigenvalue weighted by molar-refractivity contribution is 5.64. The standard InChI is InChI=1S/C33H44N2/c1-19-7-28(8-20(2)23(19)5)33(30-11-25-10-26(13-30)14-31(33)12-25)29-9-21(3)32-27(15-29)17-34-18-35(32)16-22(4)24(34)6/h7-9,15,22,24-26,30-31H,10-14,16-18H2,1-6H3. The maximum atomic E-state index is 2.73. The Morgan fingerprint density at radius 3 is 1.94 bits per heavy atom. The van der Waals surface area contributed by atoms with Crippen LogP contribution in [-0.2, 0) is 12.0 Å². The highest BCUT2D eigenvalue weighted by atomic mass is 15.4. The monoisotopic (exact) mass is 468 g/mol. The molecule has 6 bridgehead atoms. The van der Waals surface area contributed by atoms with Crippen LogP contribution in [0.25, 0.3) is 0 Å². The molecule has 4 aliphatic carbocycles. The highest BCUT2D eigenvalue weighted by Crippen LogP contribution is 2.65. The van der Waals surface area contributed by atoms with Gasteiger partial charge in [0.2, 0.25) is 0 Å². The van der Waals surface area contributed by atoms with Crippen LogP contribution in [0.4, 0.5) is 5.69 Å². The molecule has 3 atom stereocenters. The lowest BCUT2D eigenvalue weighted by Gasteiger charge is -2.62. The Kier molecular flexibility index (Phi) is 4.87. The molecule has 186 valence electrons. The average Bonchev–Trinajstić information content (AvgIpc) is 2.80. The highest BCUT2D eigenvalue weighted by Gasteiger charge is 2.59. The molecule has 2 aromatic rings. The SMILES string of the molecule is Cc1cc(C2(c3cc(C)c4c(c3)CN3CN4CC(C)C3C)C3CC4CC(C3)CC2C4)cc(C)c1C. The molecule has 0 N–H and O–H groups in total. The second-order valence-corrected chi connectivity index (χ2v) is 13.5. The summed E-state index contributed by atoms with van der Waals surface area (Å²) in [4.78, 5) is 5.41. The van der Waals surface area contributed by atoms with Crippen LogP contribution < -0.4 is 4.90 Å². The summed E-state index contributed by atoms with van der Waals surface area (Å²) in [6.45, 7) is 17.7. The van der Waals surface area contributed by atoms with Gasteiger partial charge < -0.3 is 4.90 Å². The van der Waals surface area contributed by atoms with Gasteiger partial charge in [-0.15, -0.1) is 0 Å². The van der Waals surface area contributed by atoms with Crippen molar-refractivity contribution in [1.82, 2.24) is 4.90 Å². The molecule has 2 heterocycles. The van der Waals surface area contributed by atoms with Crippen molar-refractivity contribution in [2.24, 2.45) is 29.6 Å². The molecule has 5 fully saturated rings. The third kappa shape index (κ3) is 3.05. The van der Waals surface area contributed by atoms with Crippen molar-refractivity contribution in [3.63, 3.8) is 0 Å². The van der Waals surface area contributed by atoms with Gasteiger partial charge in [-0.2, -0.15) is 0 Å². The molecule has 0 amide bonds. The van der Waals surface area contributed by atoms with Gasteiger partial charge in [-0.3, -0.25) is 4.90 Å². The fraction of sp³-hybridized carbons (Fsp3) is 0.636. The first kappa shape index (κ1) is 22.4. The number of anilines is 1. The van der Waals surface area contributed by atoms with Gasteiger partial charge in [-0.1, -0.05) is 31.2 Å². The normalized spacial score (nSPS) is 39.1. The van der Waals surface area contributed by atoms with Crippen molar-refractivity contribution < 1.29 is 0 Å². The molecule has 4 saturated carbocycles. The van der Waals surface area contributed by atoms with E-state index >= 15 is 0 Å².